The number of halogens is 5. The average Bonchev–Trinajstić information content (AvgIpc) is 2.37. The Morgan fingerprint density at radius 3 is 2.14 bits per heavy atom. The number of pyridine rings is 1. The molecule has 1 aromatic heterocycles. The first kappa shape index (κ1) is 16.5. The van der Waals surface area contributed by atoms with Crippen molar-refractivity contribution < 1.29 is 18.3 Å². The number of nitrogens with zero attached hydrogens (tertiary/aromatic N) is 1. The highest BCUT2D eigenvalue weighted by Gasteiger charge is 2.35. The standard InChI is InChI=1S/C14H10ClF3INO/c1-13(21,8-2-4-9(19)5-3-8)10-6-7-11(14(16,17)18)20-12(10)15/h2-7,21H,1H3. The van der Waals surface area contributed by atoms with Gasteiger partial charge in [0.1, 0.15) is 16.4 Å². The monoisotopic (exact) mass is 427 g/mol. The van der Waals surface area contributed by atoms with E-state index in [9.17, 15) is 18.3 Å². The number of aromatic nitrogens is 1. The van der Waals surface area contributed by atoms with Crippen LogP contribution in [0, 0.1) is 3.57 Å². The molecule has 1 aromatic carbocycles. The lowest BCUT2D eigenvalue weighted by molar-refractivity contribution is -0.141. The summed E-state index contributed by atoms with van der Waals surface area (Å²) in [5.74, 6) is 0. The Labute approximate surface area is 138 Å². The number of rotatable bonds is 2. The van der Waals surface area contributed by atoms with Crippen LogP contribution < -0.4 is 0 Å². The third-order valence-electron chi connectivity index (χ3n) is 3.07. The Hall–Kier alpha value is -0.860. The van der Waals surface area contributed by atoms with Gasteiger partial charge in [-0.25, -0.2) is 4.98 Å². The molecule has 112 valence electrons. The van der Waals surface area contributed by atoms with E-state index in [-0.39, 0.29) is 10.7 Å². The van der Waals surface area contributed by atoms with Crippen LogP contribution in [0.1, 0.15) is 23.7 Å². The van der Waals surface area contributed by atoms with E-state index in [4.69, 9.17) is 11.6 Å². The zero-order chi connectivity index (χ0) is 15.8. The van der Waals surface area contributed by atoms with Crippen molar-refractivity contribution in [1.82, 2.24) is 4.98 Å². The quantitative estimate of drug-likeness (QED) is 0.561. The van der Waals surface area contributed by atoms with Crippen LogP contribution in [0.3, 0.4) is 0 Å². The van der Waals surface area contributed by atoms with Gasteiger partial charge in [0.05, 0.1) is 0 Å². The fraction of sp³-hybridized carbons (Fsp3) is 0.214. The highest BCUT2D eigenvalue weighted by atomic mass is 127. The maximum atomic E-state index is 12.6. The first-order valence-corrected chi connectivity index (χ1v) is 7.30. The second-order valence-electron chi connectivity index (χ2n) is 4.61. The fourth-order valence-corrected chi connectivity index (χ4v) is 2.58. The molecule has 1 atom stereocenters. The predicted octanol–water partition coefficient (Wildman–Crippen LogP) is 4.61. The minimum atomic E-state index is -4.57. The summed E-state index contributed by atoms with van der Waals surface area (Å²) in [7, 11) is 0. The molecule has 1 N–H and O–H groups in total. The Bertz CT molecular complexity index is 656. The first-order chi connectivity index (χ1) is 9.62. The van der Waals surface area contributed by atoms with E-state index in [1.54, 1.807) is 24.3 Å². The maximum absolute atomic E-state index is 12.6. The topological polar surface area (TPSA) is 33.1 Å². The molecule has 1 heterocycles. The third-order valence-corrected chi connectivity index (χ3v) is 4.08. The average molecular weight is 428 g/mol. The largest absolute Gasteiger partial charge is 0.433 e. The second kappa shape index (κ2) is 5.73. The third kappa shape index (κ3) is 3.49. The normalized spacial score (nSPS) is 14.8. The molecule has 0 aliphatic rings. The Morgan fingerprint density at radius 1 is 1.10 bits per heavy atom. The van der Waals surface area contributed by atoms with Gasteiger partial charge in [-0.05, 0) is 53.3 Å². The summed E-state index contributed by atoms with van der Waals surface area (Å²) in [5.41, 5.74) is -1.97. The molecule has 0 radical (unpaired) electrons. The van der Waals surface area contributed by atoms with Crippen LogP contribution in [0.25, 0.3) is 0 Å². The van der Waals surface area contributed by atoms with Gasteiger partial charge in [0.25, 0.3) is 0 Å². The van der Waals surface area contributed by atoms with Gasteiger partial charge in [-0.1, -0.05) is 29.8 Å². The summed E-state index contributed by atoms with van der Waals surface area (Å²) in [6, 6.07) is 8.91. The minimum Gasteiger partial charge on any atom is -0.381 e. The minimum absolute atomic E-state index is 0.123. The molecule has 1 unspecified atom stereocenters. The fourth-order valence-electron chi connectivity index (χ4n) is 1.89. The molecule has 0 aliphatic carbocycles. The molecule has 7 heteroatoms. The number of hydrogen-bond donors (Lipinski definition) is 1. The van der Waals surface area contributed by atoms with Crippen molar-refractivity contribution in [2.45, 2.75) is 18.7 Å². The van der Waals surface area contributed by atoms with E-state index in [2.05, 4.69) is 27.6 Å². The number of hydrogen-bond acceptors (Lipinski definition) is 2. The summed E-state index contributed by atoms with van der Waals surface area (Å²) in [4.78, 5) is 3.33. The van der Waals surface area contributed by atoms with Crippen LogP contribution in [-0.4, -0.2) is 10.1 Å². The van der Waals surface area contributed by atoms with Crippen LogP contribution in [-0.2, 0) is 11.8 Å². The molecule has 0 spiro atoms. The Kier molecular flexibility index (Phi) is 4.51. The van der Waals surface area contributed by atoms with Gasteiger partial charge in [0.2, 0.25) is 0 Å². The van der Waals surface area contributed by atoms with Crippen LogP contribution >= 0.6 is 34.2 Å². The Balaban J connectivity index is 2.47. The van der Waals surface area contributed by atoms with E-state index in [0.29, 0.717) is 5.56 Å². The lowest BCUT2D eigenvalue weighted by Crippen LogP contribution is -2.24. The zero-order valence-electron chi connectivity index (χ0n) is 10.7. The highest BCUT2D eigenvalue weighted by Crippen LogP contribution is 2.36. The van der Waals surface area contributed by atoms with Crippen molar-refractivity contribution in [2.24, 2.45) is 0 Å². The van der Waals surface area contributed by atoms with Crippen LogP contribution in [0.4, 0.5) is 13.2 Å². The van der Waals surface area contributed by atoms with Crippen molar-refractivity contribution in [1.29, 1.82) is 0 Å². The van der Waals surface area contributed by atoms with Crippen molar-refractivity contribution in [3.05, 3.63) is 61.9 Å². The molecular weight excluding hydrogens is 418 g/mol. The Morgan fingerprint density at radius 2 is 1.67 bits per heavy atom. The SMILES string of the molecule is CC(O)(c1ccc(I)cc1)c1ccc(C(F)(F)F)nc1Cl. The molecular formula is C14H10ClF3INO. The van der Waals surface area contributed by atoms with Gasteiger partial charge < -0.3 is 5.11 Å². The van der Waals surface area contributed by atoms with Crippen LogP contribution in [0.2, 0.25) is 5.15 Å². The van der Waals surface area contributed by atoms with E-state index >= 15 is 0 Å². The molecule has 0 fully saturated rings. The smallest absolute Gasteiger partial charge is 0.381 e. The number of aliphatic hydroxyl groups is 1. The van der Waals surface area contributed by atoms with E-state index < -0.39 is 17.5 Å². The van der Waals surface area contributed by atoms with Gasteiger partial charge in [-0.3, -0.25) is 0 Å². The van der Waals surface area contributed by atoms with Crippen LogP contribution in [0.15, 0.2) is 36.4 Å². The molecule has 2 rings (SSSR count). The molecule has 2 nitrogen and oxygen atoms in total. The summed E-state index contributed by atoms with van der Waals surface area (Å²) in [6.07, 6.45) is -4.57. The summed E-state index contributed by atoms with van der Waals surface area (Å²) >= 11 is 7.94. The van der Waals surface area contributed by atoms with Crippen molar-refractivity contribution in [2.75, 3.05) is 0 Å². The van der Waals surface area contributed by atoms with Crippen molar-refractivity contribution >= 4 is 34.2 Å². The molecule has 0 saturated carbocycles. The van der Waals surface area contributed by atoms with Gasteiger partial charge in [-0.2, -0.15) is 13.2 Å². The van der Waals surface area contributed by atoms with E-state index in [1.165, 1.54) is 6.92 Å². The van der Waals surface area contributed by atoms with E-state index in [1.807, 2.05) is 0 Å². The van der Waals surface area contributed by atoms with Gasteiger partial charge in [-0.15, -0.1) is 0 Å². The van der Waals surface area contributed by atoms with Crippen LogP contribution in [0.5, 0.6) is 0 Å². The summed E-state index contributed by atoms with van der Waals surface area (Å²) in [6.45, 7) is 1.46. The lowest BCUT2D eigenvalue weighted by Gasteiger charge is -2.25. The molecule has 2 aromatic rings. The van der Waals surface area contributed by atoms with Gasteiger partial charge in [0.15, 0.2) is 0 Å². The first-order valence-electron chi connectivity index (χ1n) is 5.85. The lowest BCUT2D eigenvalue weighted by atomic mass is 9.89. The van der Waals surface area contributed by atoms with Crippen molar-refractivity contribution in [3.8, 4) is 0 Å². The van der Waals surface area contributed by atoms with Gasteiger partial charge in [0, 0.05) is 9.13 Å². The second-order valence-corrected chi connectivity index (χ2v) is 6.22. The molecule has 0 amide bonds. The molecule has 0 aliphatic heterocycles. The van der Waals surface area contributed by atoms with Gasteiger partial charge >= 0.3 is 6.18 Å². The maximum Gasteiger partial charge on any atom is 0.433 e. The molecule has 21 heavy (non-hydrogen) atoms. The number of benzene rings is 1. The van der Waals surface area contributed by atoms with E-state index in [0.717, 1.165) is 15.7 Å². The highest BCUT2D eigenvalue weighted by molar-refractivity contribution is 14.1. The van der Waals surface area contributed by atoms with Crippen molar-refractivity contribution in [3.63, 3.8) is 0 Å². The molecule has 0 saturated heterocycles. The summed E-state index contributed by atoms with van der Waals surface area (Å²) < 4.78 is 38.7. The molecule has 0 bridgehead atoms. The predicted molar refractivity (Wildman–Crippen MR) is 82.1 cm³/mol. The number of alkyl halides is 3. The zero-order valence-corrected chi connectivity index (χ0v) is 13.7. The summed E-state index contributed by atoms with van der Waals surface area (Å²) in [5, 5.41) is 10.2.